The Hall–Kier alpha value is -1.36. The highest BCUT2D eigenvalue weighted by Crippen LogP contribution is 2.32. The van der Waals surface area contributed by atoms with Crippen LogP contribution in [-0.4, -0.2) is 66.0 Å². The summed E-state index contributed by atoms with van der Waals surface area (Å²) in [6, 6.07) is 3.76. The topological polar surface area (TPSA) is 116 Å². The van der Waals surface area contributed by atoms with Gasteiger partial charge in [-0.2, -0.15) is 4.31 Å². The van der Waals surface area contributed by atoms with Crippen LogP contribution < -0.4 is 15.2 Å². The summed E-state index contributed by atoms with van der Waals surface area (Å²) in [5.41, 5.74) is 5.55. The monoisotopic (exact) mass is 378 g/mol. The summed E-state index contributed by atoms with van der Waals surface area (Å²) in [4.78, 5) is -0.0384. The average molecular weight is 378 g/mol. The Kier molecular flexibility index (Phi) is 5.74. The molecular weight excluding hydrogens is 356 g/mol. The van der Waals surface area contributed by atoms with Gasteiger partial charge in [0, 0.05) is 25.2 Å². The normalized spacial score (nSPS) is 20.2. The van der Waals surface area contributed by atoms with Crippen molar-refractivity contribution in [3.63, 3.8) is 0 Å². The number of nitrogens with two attached hydrogens (primary N) is 1. The molecule has 10 heteroatoms. The van der Waals surface area contributed by atoms with Gasteiger partial charge in [0.05, 0.1) is 25.7 Å². The number of sulfone groups is 1. The molecule has 136 valence electrons. The zero-order valence-corrected chi connectivity index (χ0v) is 15.3. The Morgan fingerprint density at radius 1 is 1.29 bits per heavy atom. The molecule has 1 atom stereocenters. The smallest absolute Gasteiger partial charge is 0.247 e. The Balaban J connectivity index is 2.45. The third kappa shape index (κ3) is 3.82. The molecule has 0 bridgehead atoms. The molecule has 0 spiro atoms. The molecule has 1 heterocycles. The predicted octanol–water partition coefficient (Wildman–Crippen LogP) is -0.160. The molecule has 1 aliphatic rings. The standard InChI is InChI=1S/C14H22N2O6S2/c1-21-12-3-4-14(13(9-12)22-2)24(19,20)16(7-6-15)11-5-8-23(17,18)10-11/h3-4,9,11H,5-8,10,15H2,1-2H3/t11-/m0/s1. The number of ether oxygens (including phenoxy) is 2. The first-order valence-corrected chi connectivity index (χ1v) is 10.7. The summed E-state index contributed by atoms with van der Waals surface area (Å²) in [6.07, 6.45) is 0.264. The molecule has 1 fully saturated rings. The van der Waals surface area contributed by atoms with E-state index in [1.807, 2.05) is 0 Å². The van der Waals surface area contributed by atoms with Crippen LogP contribution in [0.5, 0.6) is 11.5 Å². The van der Waals surface area contributed by atoms with Gasteiger partial charge in [0.2, 0.25) is 10.0 Å². The van der Waals surface area contributed by atoms with Crippen molar-refractivity contribution in [1.29, 1.82) is 0 Å². The molecule has 2 rings (SSSR count). The second-order valence-corrected chi connectivity index (χ2v) is 9.57. The SMILES string of the molecule is COc1ccc(S(=O)(=O)N(CCN)[C@H]2CCS(=O)(=O)C2)c(OC)c1. The molecule has 0 saturated carbocycles. The number of hydrogen-bond acceptors (Lipinski definition) is 7. The Labute approximate surface area is 142 Å². The van der Waals surface area contributed by atoms with Gasteiger partial charge in [0.1, 0.15) is 16.4 Å². The molecule has 24 heavy (non-hydrogen) atoms. The molecule has 2 N–H and O–H groups in total. The lowest BCUT2D eigenvalue weighted by Gasteiger charge is -2.27. The molecule has 1 aromatic rings. The van der Waals surface area contributed by atoms with Crippen molar-refractivity contribution < 1.29 is 26.3 Å². The van der Waals surface area contributed by atoms with Crippen LogP contribution in [0.2, 0.25) is 0 Å². The molecular formula is C14H22N2O6S2. The van der Waals surface area contributed by atoms with Crippen LogP contribution in [0.1, 0.15) is 6.42 Å². The largest absolute Gasteiger partial charge is 0.497 e. The van der Waals surface area contributed by atoms with Gasteiger partial charge in [-0.25, -0.2) is 16.8 Å². The summed E-state index contributed by atoms with van der Waals surface area (Å²) >= 11 is 0. The van der Waals surface area contributed by atoms with Gasteiger partial charge in [0.15, 0.2) is 9.84 Å². The molecule has 0 radical (unpaired) electrons. The van der Waals surface area contributed by atoms with Crippen LogP contribution in [0.3, 0.4) is 0 Å². The Bertz CT molecular complexity index is 791. The van der Waals surface area contributed by atoms with Gasteiger partial charge in [-0.1, -0.05) is 0 Å². The number of benzene rings is 1. The van der Waals surface area contributed by atoms with Crippen molar-refractivity contribution in [2.24, 2.45) is 5.73 Å². The van der Waals surface area contributed by atoms with Crippen molar-refractivity contribution in [3.8, 4) is 11.5 Å². The summed E-state index contributed by atoms with van der Waals surface area (Å²) in [5.74, 6) is 0.385. The van der Waals surface area contributed by atoms with E-state index in [0.29, 0.717) is 5.75 Å². The lowest BCUT2D eigenvalue weighted by atomic mass is 10.2. The van der Waals surface area contributed by atoms with Crippen molar-refractivity contribution in [3.05, 3.63) is 18.2 Å². The van der Waals surface area contributed by atoms with Gasteiger partial charge < -0.3 is 15.2 Å². The minimum absolute atomic E-state index is 0.0198. The molecule has 0 aliphatic carbocycles. The zero-order valence-electron chi connectivity index (χ0n) is 13.6. The van der Waals surface area contributed by atoms with Crippen molar-refractivity contribution in [1.82, 2.24) is 4.31 Å². The van der Waals surface area contributed by atoms with Crippen LogP contribution in [0.4, 0.5) is 0 Å². The predicted molar refractivity (Wildman–Crippen MR) is 89.6 cm³/mol. The van der Waals surface area contributed by atoms with Gasteiger partial charge in [-0.05, 0) is 18.6 Å². The second-order valence-electron chi connectivity index (χ2n) is 5.48. The summed E-state index contributed by atoms with van der Waals surface area (Å²) in [6.45, 7) is 0.131. The first kappa shape index (κ1) is 19.0. The second kappa shape index (κ2) is 7.26. The average Bonchev–Trinajstić information content (AvgIpc) is 2.91. The maximum atomic E-state index is 13.1. The van der Waals surface area contributed by atoms with Gasteiger partial charge in [-0.3, -0.25) is 0 Å². The molecule has 1 saturated heterocycles. The Morgan fingerprint density at radius 2 is 2.00 bits per heavy atom. The van der Waals surface area contributed by atoms with Gasteiger partial charge in [-0.15, -0.1) is 0 Å². The van der Waals surface area contributed by atoms with Crippen molar-refractivity contribution in [2.45, 2.75) is 17.4 Å². The summed E-state index contributed by atoms with van der Waals surface area (Å²) in [7, 11) is -4.35. The van der Waals surface area contributed by atoms with E-state index in [9.17, 15) is 16.8 Å². The van der Waals surface area contributed by atoms with E-state index < -0.39 is 25.9 Å². The molecule has 1 aromatic carbocycles. The fourth-order valence-electron chi connectivity index (χ4n) is 2.74. The third-order valence-electron chi connectivity index (χ3n) is 3.92. The molecule has 8 nitrogen and oxygen atoms in total. The first-order valence-electron chi connectivity index (χ1n) is 7.39. The van der Waals surface area contributed by atoms with Gasteiger partial charge >= 0.3 is 0 Å². The molecule has 0 unspecified atom stereocenters. The number of sulfonamides is 1. The van der Waals surface area contributed by atoms with E-state index in [1.54, 1.807) is 0 Å². The molecule has 0 aromatic heterocycles. The first-order chi connectivity index (χ1) is 11.2. The maximum absolute atomic E-state index is 13.1. The number of hydrogen-bond donors (Lipinski definition) is 1. The maximum Gasteiger partial charge on any atom is 0.247 e. The summed E-state index contributed by atoms with van der Waals surface area (Å²) < 4.78 is 61.0. The van der Waals surface area contributed by atoms with Crippen LogP contribution in [0.15, 0.2) is 23.1 Å². The van der Waals surface area contributed by atoms with Crippen LogP contribution in [0, 0.1) is 0 Å². The lowest BCUT2D eigenvalue weighted by Crippen LogP contribution is -2.43. The van der Waals surface area contributed by atoms with E-state index in [2.05, 4.69) is 0 Å². The number of nitrogens with zero attached hydrogens (tertiary/aromatic N) is 1. The van der Waals surface area contributed by atoms with Crippen molar-refractivity contribution in [2.75, 3.05) is 38.8 Å². The van der Waals surface area contributed by atoms with E-state index >= 15 is 0 Å². The van der Waals surface area contributed by atoms with E-state index in [1.165, 1.54) is 36.7 Å². The van der Waals surface area contributed by atoms with E-state index in [-0.39, 0.29) is 41.7 Å². The van der Waals surface area contributed by atoms with Crippen LogP contribution in [0.25, 0.3) is 0 Å². The Morgan fingerprint density at radius 3 is 2.50 bits per heavy atom. The molecule has 1 aliphatic heterocycles. The number of methoxy groups -OCH3 is 2. The lowest BCUT2D eigenvalue weighted by molar-refractivity contribution is 0.342. The fraction of sp³-hybridized carbons (Fsp3) is 0.571. The zero-order chi connectivity index (χ0) is 18.0. The molecule has 0 amide bonds. The van der Waals surface area contributed by atoms with Gasteiger partial charge in [0.25, 0.3) is 0 Å². The highest BCUT2D eigenvalue weighted by atomic mass is 32.2. The highest BCUT2D eigenvalue weighted by Gasteiger charge is 2.39. The minimum Gasteiger partial charge on any atom is -0.497 e. The van der Waals surface area contributed by atoms with Crippen LogP contribution >= 0.6 is 0 Å². The fourth-order valence-corrected chi connectivity index (χ4v) is 6.38. The minimum atomic E-state index is -3.96. The van der Waals surface area contributed by atoms with Crippen molar-refractivity contribution >= 4 is 19.9 Å². The number of rotatable bonds is 7. The van der Waals surface area contributed by atoms with E-state index in [4.69, 9.17) is 15.2 Å². The van der Waals surface area contributed by atoms with E-state index in [0.717, 1.165) is 0 Å². The quantitative estimate of drug-likeness (QED) is 0.701. The highest BCUT2D eigenvalue weighted by molar-refractivity contribution is 7.92. The third-order valence-corrected chi connectivity index (χ3v) is 7.66. The summed E-state index contributed by atoms with van der Waals surface area (Å²) in [5, 5.41) is 0. The van der Waals surface area contributed by atoms with Crippen LogP contribution in [-0.2, 0) is 19.9 Å².